The average Bonchev–Trinajstić information content (AvgIpc) is 2.20. The van der Waals surface area contributed by atoms with E-state index in [0.717, 1.165) is 15.6 Å². The normalized spacial score (nSPS) is 12.1. The van der Waals surface area contributed by atoms with Crippen molar-refractivity contribution in [2.75, 3.05) is 12.1 Å². The molecule has 0 unspecified atom stereocenters. The fourth-order valence-electron chi connectivity index (χ4n) is 0.932. The van der Waals surface area contributed by atoms with E-state index in [1.54, 1.807) is 0 Å². The maximum absolute atomic E-state index is 11.8. The number of aromatic nitrogens is 2. The molecule has 94 valence electrons. The van der Waals surface area contributed by atoms with E-state index in [-0.39, 0.29) is 12.0 Å². The molecule has 0 bridgehead atoms. The zero-order valence-corrected chi connectivity index (χ0v) is 8.95. The van der Waals surface area contributed by atoms with Crippen LogP contribution in [0.15, 0.2) is 20.8 Å². The third-order valence-corrected chi connectivity index (χ3v) is 1.86. The third kappa shape index (κ3) is 3.47. The van der Waals surface area contributed by atoms with Gasteiger partial charge >= 0.3 is 11.9 Å². The lowest BCUT2D eigenvalue weighted by Gasteiger charge is -2.12. The Bertz CT molecular complexity index is 512. The number of alkyl halides is 3. The lowest BCUT2D eigenvalue weighted by Crippen LogP contribution is -2.33. The van der Waals surface area contributed by atoms with Gasteiger partial charge in [0, 0.05) is 20.2 Å². The molecule has 0 spiro atoms. The average molecular weight is 250 g/mol. The summed E-state index contributed by atoms with van der Waals surface area (Å²) in [6.07, 6.45) is -4.81. The maximum Gasteiger partial charge on any atom is 0.428 e. The van der Waals surface area contributed by atoms with Gasteiger partial charge in [0.2, 0.25) is 0 Å². The summed E-state index contributed by atoms with van der Waals surface area (Å²) >= 11 is 0. The molecule has 17 heavy (non-hydrogen) atoms. The molecule has 0 fully saturated rings. The first-order chi connectivity index (χ1) is 7.70. The predicted octanol–water partition coefficient (Wildman–Crippen LogP) is 0.0579. The Labute approximate surface area is 93.0 Å². The van der Waals surface area contributed by atoms with Gasteiger partial charge in [-0.2, -0.15) is 18.3 Å². The molecule has 9 heteroatoms. The molecular weight excluding hydrogens is 241 g/mol. The lowest BCUT2D eigenvalue weighted by atomic mass is 10.5. The van der Waals surface area contributed by atoms with Crippen LogP contribution >= 0.6 is 0 Å². The molecule has 0 saturated carbocycles. The molecule has 1 aromatic heterocycles. The standard InChI is InChI=1S/C8H9F3N4O2/c1-14-6(16)3-5(13-7(14)17)15(2)12-4-8(9,10)11/h3-4H,1-2H3,(H,13,17). The molecule has 1 rings (SSSR count). The van der Waals surface area contributed by atoms with Crippen molar-refractivity contribution in [3.8, 4) is 0 Å². The lowest BCUT2D eigenvalue weighted by molar-refractivity contribution is -0.0537. The Hall–Kier alpha value is -2.06. The Morgan fingerprint density at radius 1 is 1.47 bits per heavy atom. The third-order valence-electron chi connectivity index (χ3n) is 1.86. The van der Waals surface area contributed by atoms with Crippen molar-refractivity contribution in [3.05, 3.63) is 26.9 Å². The summed E-state index contributed by atoms with van der Waals surface area (Å²) in [7, 11) is 2.41. The van der Waals surface area contributed by atoms with Crippen molar-refractivity contribution in [2.24, 2.45) is 12.1 Å². The zero-order valence-electron chi connectivity index (χ0n) is 8.95. The number of halogens is 3. The Balaban J connectivity index is 3.07. The highest BCUT2D eigenvalue weighted by Gasteiger charge is 2.24. The maximum atomic E-state index is 11.8. The Morgan fingerprint density at radius 2 is 2.06 bits per heavy atom. The van der Waals surface area contributed by atoms with Crippen LogP contribution in [-0.4, -0.2) is 29.0 Å². The van der Waals surface area contributed by atoms with E-state index in [0.29, 0.717) is 0 Å². The summed E-state index contributed by atoms with van der Waals surface area (Å²) in [5.74, 6) is -0.126. The summed E-state index contributed by atoms with van der Waals surface area (Å²) in [4.78, 5) is 24.6. The number of anilines is 1. The number of rotatable bonds is 2. The fraction of sp³-hybridized carbons (Fsp3) is 0.375. The molecular formula is C8H9F3N4O2. The van der Waals surface area contributed by atoms with Crippen LogP contribution in [0, 0.1) is 0 Å². The second-order valence-corrected chi connectivity index (χ2v) is 3.17. The van der Waals surface area contributed by atoms with Crippen LogP contribution in [-0.2, 0) is 7.05 Å². The molecule has 0 aliphatic rings. The molecule has 1 heterocycles. The largest absolute Gasteiger partial charge is 0.428 e. The summed E-state index contributed by atoms with van der Waals surface area (Å²) in [5.41, 5.74) is -1.38. The van der Waals surface area contributed by atoms with E-state index in [9.17, 15) is 22.8 Å². The first-order valence-corrected chi connectivity index (χ1v) is 4.36. The molecule has 0 aromatic carbocycles. The van der Waals surface area contributed by atoms with Crippen molar-refractivity contribution in [3.63, 3.8) is 0 Å². The van der Waals surface area contributed by atoms with Gasteiger partial charge in [-0.1, -0.05) is 0 Å². The topological polar surface area (TPSA) is 70.5 Å². The van der Waals surface area contributed by atoms with Crippen LogP contribution < -0.4 is 16.3 Å². The second-order valence-electron chi connectivity index (χ2n) is 3.17. The van der Waals surface area contributed by atoms with E-state index in [4.69, 9.17) is 0 Å². The minimum atomic E-state index is -4.56. The van der Waals surface area contributed by atoms with Gasteiger partial charge in [-0.05, 0) is 0 Å². The van der Waals surface area contributed by atoms with E-state index < -0.39 is 17.4 Å². The smallest absolute Gasteiger partial charge is 0.292 e. The first kappa shape index (κ1) is 13.0. The van der Waals surface area contributed by atoms with Crippen LogP contribution in [0.4, 0.5) is 19.0 Å². The van der Waals surface area contributed by atoms with Gasteiger partial charge in [-0.15, -0.1) is 0 Å². The molecule has 1 N–H and O–H groups in total. The van der Waals surface area contributed by atoms with Gasteiger partial charge in [-0.25, -0.2) is 4.79 Å². The molecule has 0 aliphatic carbocycles. The quantitative estimate of drug-likeness (QED) is 0.596. The predicted molar refractivity (Wildman–Crippen MR) is 55.3 cm³/mol. The molecule has 0 amide bonds. The van der Waals surface area contributed by atoms with Gasteiger partial charge in [-0.3, -0.25) is 19.4 Å². The van der Waals surface area contributed by atoms with Gasteiger partial charge in [0.1, 0.15) is 12.0 Å². The van der Waals surface area contributed by atoms with Crippen LogP contribution in [0.5, 0.6) is 0 Å². The minimum Gasteiger partial charge on any atom is -0.292 e. The highest BCUT2D eigenvalue weighted by Crippen LogP contribution is 2.12. The number of nitrogens with one attached hydrogen (secondary N) is 1. The Morgan fingerprint density at radius 3 is 2.53 bits per heavy atom. The van der Waals surface area contributed by atoms with Crippen molar-refractivity contribution in [1.29, 1.82) is 0 Å². The summed E-state index contributed by atoms with van der Waals surface area (Å²) < 4.78 is 36.3. The second kappa shape index (κ2) is 4.44. The number of aromatic amines is 1. The van der Waals surface area contributed by atoms with E-state index >= 15 is 0 Å². The highest BCUT2D eigenvalue weighted by atomic mass is 19.4. The van der Waals surface area contributed by atoms with E-state index in [2.05, 4.69) is 10.1 Å². The summed E-state index contributed by atoms with van der Waals surface area (Å²) in [6.45, 7) is 0. The van der Waals surface area contributed by atoms with Crippen molar-refractivity contribution < 1.29 is 13.2 Å². The van der Waals surface area contributed by atoms with Gasteiger partial charge < -0.3 is 0 Å². The van der Waals surface area contributed by atoms with Crippen molar-refractivity contribution in [1.82, 2.24) is 9.55 Å². The van der Waals surface area contributed by atoms with Crippen LogP contribution in [0.2, 0.25) is 0 Å². The SMILES string of the molecule is CN(N=CC(F)(F)F)c1cc(=O)n(C)c(=O)[nH]1. The minimum absolute atomic E-state index is 0.126. The van der Waals surface area contributed by atoms with Gasteiger partial charge in [0.25, 0.3) is 5.56 Å². The molecule has 0 saturated heterocycles. The zero-order chi connectivity index (χ0) is 13.2. The monoisotopic (exact) mass is 250 g/mol. The number of hydrazone groups is 1. The highest BCUT2D eigenvalue weighted by molar-refractivity contribution is 5.65. The van der Waals surface area contributed by atoms with Crippen LogP contribution in [0.25, 0.3) is 0 Å². The van der Waals surface area contributed by atoms with Crippen molar-refractivity contribution >= 4 is 12.0 Å². The molecule has 0 aliphatic heterocycles. The van der Waals surface area contributed by atoms with Crippen molar-refractivity contribution in [2.45, 2.75) is 6.18 Å². The number of hydrogen-bond acceptors (Lipinski definition) is 4. The summed E-state index contributed by atoms with van der Waals surface area (Å²) in [5, 5.41) is 3.79. The Kier molecular flexibility index (Phi) is 3.39. The number of nitrogens with zero attached hydrogens (tertiary/aromatic N) is 3. The van der Waals surface area contributed by atoms with E-state index in [1.165, 1.54) is 14.1 Å². The van der Waals surface area contributed by atoms with Gasteiger partial charge in [0.15, 0.2) is 0 Å². The van der Waals surface area contributed by atoms with E-state index in [1.807, 2.05) is 0 Å². The molecule has 1 aromatic rings. The van der Waals surface area contributed by atoms with Gasteiger partial charge in [0.05, 0.1) is 0 Å². The fourth-order valence-corrected chi connectivity index (χ4v) is 0.932. The summed E-state index contributed by atoms with van der Waals surface area (Å²) in [6, 6.07) is 0.967. The molecule has 0 radical (unpaired) electrons. The first-order valence-electron chi connectivity index (χ1n) is 4.36. The number of hydrogen-bond donors (Lipinski definition) is 1. The number of H-pyrrole nitrogens is 1. The molecule has 6 nitrogen and oxygen atoms in total. The van der Waals surface area contributed by atoms with Crippen LogP contribution in [0.1, 0.15) is 0 Å². The van der Waals surface area contributed by atoms with Crippen LogP contribution in [0.3, 0.4) is 0 Å². The molecule has 0 atom stereocenters.